The van der Waals surface area contributed by atoms with Crippen molar-refractivity contribution in [3.63, 3.8) is 0 Å². The largest absolute Gasteiger partial charge is 0.357 e. The lowest BCUT2D eigenvalue weighted by Crippen LogP contribution is -2.38. The lowest BCUT2D eigenvalue weighted by Gasteiger charge is -2.16. The summed E-state index contributed by atoms with van der Waals surface area (Å²) in [5.74, 6) is 0.921. The first-order chi connectivity index (χ1) is 14.9. The first-order valence-corrected chi connectivity index (χ1v) is 12.5. The lowest BCUT2D eigenvalue weighted by atomic mass is 10.1. The third-order valence-corrected chi connectivity index (χ3v) is 6.27. The van der Waals surface area contributed by atoms with Crippen LogP contribution in [0.2, 0.25) is 0 Å². The van der Waals surface area contributed by atoms with Crippen molar-refractivity contribution in [2.24, 2.45) is 4.99 Å². The molecule has 0 bridgehead atoms. The highest BCUT2D eigenvalue weighted by Crippen LogP contribution is 2.21. The highest BCUT2D eigenvalue weighted by Gasteiger charge is 2.21. The zero-order valence-corrected chi connectivity index (χ0v) is 18.9. The van der Waals surface area contributed by atoms with Crippen LogP contribution in [0.15, 0.2) is 58.4 Å². The minimum Gasteiger partial charge on any atom is -0.357 e. The molecule has 1 saturated heterocycles. The molecule has 1 amide bonds. The highest BCUT2D eigenvalue weighted by atomic mass is 32.2. The molecule has 7 nitrogen and oxygen atoms in total. The number of guanidine groups is 1. The van der Waals surface area contributed by atoms with E-state index in [2.05, 4.69) is 15.6 Å². The smallest absolute Gasteiger partial charge is 0.227 e. The third-order valence-electron chi connectivity index (χ3n) is 5.14. The predicted molar refractivity (Wildman–Crippen MR) is 124 cm³/mol. The maximum atomic E-state index is 11.9. The number of benzene rings is 2. The van der Waals surface area contributed by atoms with Crippen molar-refractivity contribution in [1.29, 1.82) is 0 Å². The molecule has 166 valence electrons. The SMILES string of the molecule is CCNC(=NCc1ccc(N2CCCC2=O)cc1)NCCc1ccc(S(C)(=O)=O)cc1. The normalized spacial score (nSPS) is 14.7. The van der Waals surface area contributed by atoms with E-state index < -0.39 is 9.84 Å². The molecule has 0 unspecified atom stereocenters. The van der Waals surface area contributed by atoms with Crippen LogP contribution in [0.1, 0.15) is 30.9 Å². The van der Waals surface area contributed by atoms with Gasteiger partial charge in [-0.3, -0.25) is 4.79 Å². The summed E-state index contributed by atoms with van der Waals surface area (Å²) in [5.41, 5.74) is 3.08. The summed E-state index contributed by atoms with van der Waals surface area (Å²) in [5, 5.41) is 6.55. The standard InChI is InChI=1S/C23H30N4O3S/c1-3-24-23(25-15-14-18-8-12-21(13-9-18)31(2,29)30)26-17-19-6-10-20(11-7-19)27-16-4-5-22(27)28/h6-13H,3-5,14-17H2,1-2H3,(H2,24,25,26). The molecular formula is C23H30N4O3S. The molecule has 2 N–H and O–H groups in total. The molecule has 0 radical (unpaired) electrons. The minimum absolute atomic E-state index is 0.190. The zero-order valence-electron chi connectivity index (χ0n) is 18.1. The molecule has 0 aliphatic carbocycles. The van der Waals surface area contributed by atoms with Crippen molar-refractivity contribution in [2.45, 2.75) is 37.6 Å². The van der Waals surface area contributed by atoms with Gasteiger partial charge in [0.15, 0.2) is 15.8 Å². The Kier molecular flexibility index (Phi) is 7.68. The maximum Gasteiger partial charge on any atom is 0.227 e. The van der Waals surface area contributed by atoms with E-state index >= 15 is 0 Å². The van der Waals surface area contributed by atoms with Crippen LogP contribution >= 0.6 is 0 Å². The molecule has 0 spiro atoms. The Morgan fingerprint density at radius 3 is 2.29 bits per heavy atom. The van der Waals surface area contributed by atoms with Gasteiger partial charge >= 0.3 is 0 Å². The highest BCUT2D eigenvalue weighted by molar-refractivity contribution is 7.90. The van der Waals surface area contributed by atoms with E-state index in [1.807, 2.05) is 48.2 Å². The molecule has 1 heterocycles. The van der Waals surface area contributed by atoms with Crippen LogP contribution in [-0.4, -0.2) is 46.2 Å². The number of nitrogens with one attached hydrogen (secondary N) is 2. The van der Waals surface area contributed by atoms with Crippen LogP contribution in [-0.2, 0) is 27.6 Å². The van der Waals surface area contributed by atoms with E-state index in [1.54, 1.807) is 12.1 Å². The number of carbonyl (C=O) groups is 1. The van der Waals surface area contributed by atoms with Crippen molar-refractivity contribution in [1.82, 2.24) is 10.6 Å². The molecular weight excluding hydrogens is 412 g/mol. The number of aliphatic imine (C=N–C) groups is 1. The van der Waals surface area contributed by atoms with Crippen molar-refractivity contribution < 1.29 is 13.2 Å². The van der Waals surface area contributed by atoms with Gasteiger partial charge < -0.3 is 15.5 Å². The van der Waals surface area contributed by atoms with E-state index in [1.165, 1.54) is 6.26 Å². The lowest BCUT2D eigenvalue weighted by molar-refractivity contribution is -0.117. The minimum atomic E-state index is -3.17. The monoisotopic (exact) mass is 442 g/mol. The number of rotatable bonds is 8. The summed E-state index contributed by atoms with van der Waals surface area (Å²) in [6.45, 7) is 4.78. The molecule has 1 aliphatic rings. The third kappa shape index (κ3) is 6.55. The Morgan fingerprint density at radius 2 is 1.71 bits per heavy atom. The van der Waals surface area contributed by atoms with Crippen LogP contribution in [0.3, 0.4) is 0 Å². The van der Waals surface area contributed by atoms with E-state index in [0.29, 0.717) is 24.4 Å². The number of hydrogen-bond donors (Lipinski definition) is 2. The topological polar surface area (TPSA) is 90.9 Å². The van der Waals surface area contributed by atoms with Crippen molar-refractivity contribution in [3.05, 3.63) is 59.7 Å². The molecule has 1 aliphatic heterocycles. The fraction of sp³-hybridized carbons (Fsp3) is 0.391. The van der Waals surface area contributed by atoms with Gasteiger partial charge in [0.1, 0.15) is 0 Å². The molecule has 3 rings (SSSR count). The first kappa shape index (κ1) is 22.8. The molecule has 1 fully saturated rings. The first-order valence-electron chi connectivity index (χ1n) is 10.6. The van der Waals surface area contributed by atoms with Gasteiger partial charge in [0, 0.05) is 38.0 Å². The number of sulfone groups is 1. The summed E-state index contributed by atoms with van der Waals surface area (Å²) in [7, 11) is -3.17. The second-order valence-electron chi connectivity index (χ2n) is 7.60. The van der Waals surface area contributed by atoms with Gasteiger partial charge in [0.2, 0.25) is 5.91 Å². The van der Waals surface area contributed by atoms with Gasteiger partial charge in [-0.15, -0.1) is 0 Å². The number of carbonyl (C=O) groups excluding carboxylic acids is 1. The molecule has 2 aromatic carbocycles. The molecule has 31 heavy (non-hydrogen) atoms. The van der Waals surface area contributed by atoms with E-state index in [4.69, 9.17) is 0 Å². The second-order valence-corrected chi connectivity index (χ2v) is 9.62. The second kappa shape index (κ2) is 10.4. The Labute approximate surface area is 184 Å². The molecule has 2 aromatic rings. The average Bonchev–Trinajstić information content (AvgIpc) is 3.18. The van der Waals surface area contributed by atoms with E-state index in [0.717, 1.165) is 48.7 Å². The Balaban J connectivity index is 1.53. The summed E-state index contributed by atoms with van der Waals surface area (Å²) >= 11 is 0. The van der Waals surface area contributed by atoms with Crippen LogP contribution in [0.4, 0.5) is 5.69 Å². The van der Waals surface area contributed by atoms with Crippen LogP contribution in [0, 0.1) is 0 Å². The predicted octanol–water partition coefficient (Wildman–Crippen LogP) is 2.51. The van der Waals surface area contributed by atoms with Crippen molar-refractivity contribution >= 4 is 27.4 Å². The molecule has 0 saturated carbocycles. The maximum absolute atomic E-state index is 11.9. The molecule has 0 atom stereocenters. The summed E-state index contributed by atoms with van der Waals surface area (Å²) in [6, 6.07) is 15.0. The number of nitrogens with zero attached hydrogens (tertiary/aromatic N) is 2. The number of anilines is 1. The average molecular weight is 443 g/mol. The molecule has 8 heteroatoms. The molecule has 0 aromatic heterocycles. The van der Waals surface area contributed by atoms with Gasteiger partial charge in [-0.2, -0.15) is 0 Å². The van der Waals surface area contributed by atoms with Gasteiger partial charge in [-0.1, -0.05) is 24.3 Å². The van der Waals surface area contributed by atoms with E-state index in [9.17, 15) is 13.2 Å². The van der Waals surface area contributed by atoms with Crippen molar-refractivity contribution in [3.8, 4) is 0 Å². The van der Waals surface area contributed by atoms with Crippen molar-refractivity contribution in [2.75, 3.05) is 30.8 Å². The van der Waals surface area contributed by atoms with Gasteiger partial charge in [0.25, 0.3) is 0 Å². The summed E-state index contributed by atoms with van der Waals surface area (Å²) in [4.78, 5) is 18.7. The fourth-order valence-corrected chi connectivity index (χ4v) is 4.07. The number of amides is 1. The van der Waals surface area contributed by atoms with E-state index in [-0.39, 0.29) is 5.91 Å². The summed E-state index contributed by atoms with van der Waals surface area (Å²) < 4.78 is 23.1. The van der Waals surface area contributed by atoms with Gasteiger partial charge in [0.05, 0.1) is 11.4 Å². The van der Waals surface area contributed by atoms with Crippen LogP contribution < -0.4 is 15.5 Å². The Bertz CT molecular complexity index is 1020. The van der Waals surface area contributed by atoms with Gasteiger partial charge in [-0.25, -0.2) is 13.4 Å². The summed E-state index contributed by atoms with van der Waals surface area (Å²) in [6.07, 6.45) is 3.52. The number of hydrogen-bond acceptors (Lipinski definition) is 4. The zero-order chi connectivity index (χ0) is 22.3. The quantitative estimate of drug-likeness (QED) is 0.484. The van der Waals surface area contributed by atoms with Gasteiger partial charge in [-0.05, 0) is 55.2 Å². The van der Waals surface area contributed by atoms with Crippen LogP contribution in [0.5, 0.6) is 0 Å². The fourth-order valence-electron chi connectivity index (χ4n) is 3.44. The Hall–Kier alpha value is -2.87. The Morgan fingerprint density at radius 1 is 1.03 bits per heavy atom. The van der Waals surface area contributed by atoms with Crippen LogP contribution in [0.25, 0.3) is 0 Å².